The molecule has 0 saturated heterocycles. The van der Waals surface area contributed by atoms with Crippen molar-refractivity contribution in [2.75, 3.05) is 5.43 Å². The summed E-state index contributed by atoms with van der Waals surface area (Å²) in [6.07, 6.45) is 1.04. The first kappa shape index (κ1) is 13.6. The van der Waals surface area contributed by atoms with E-state index < -0.39 is 0 Å². The molecule has 0 bridgehead atoms. The number of rotatable bonds is 4. The topological polar surface area (TPSA) is 24.4 Å². The molecule has 1 N–H and O–H groups in total. The van der Waals surface area contributed by atoms with Crippen LogP contribution in [0.25, 0.3) is 0 Å². The Morgan fingerprint density at radius 1 is 1.05 bits per heavy atom. The Morgan fingerprint density at radius 3 is 2.26 bits per heavy atom. The fourth-order valence-electron chi connectivity index (χ4n) is 1.68. The summed E-state index contributed by atoms with van der Waals surface area (Å²) < 4.78 is 0. The Bertz CT molecular complexity index is 556. The van der Waals surface area contributed by atoms with Crippen LogP contribution >= 0.6 is 11.6 Å². The predicted octanol–water partition coefficient (Wildman–Crippen LogP) is 4.57. The number of hydrazone groups is 1. The highest BCUT2D eigenvalue weighted by Gasteiger charge is 1.99. The third kappa shape index (κ3) is 3.83. The Balaban J connectivity index is 2.06. The molecule has 0 aliphatic heterocycles. The van der Waals surface area contributed by atoms with Gasteiger partial charge in [-0.3, -0.25) is 5.43 Å². The van der Waals surface area contributed by atoms with Crippen molar-refractivity contribution < 1.29 is 0 Å². The number of aryl methyl sites for hydroxylation is 2. The molecule has 98 valence electrons. The van der Waals surface area contributed by atoms with Crippen LogP contribution in [0.1, 0.15) is 23.6 Å². The molecule has 0 spiro atoms. The van der Waals surface area contributed by atoms with E-state index >= 15 is 0 Å². The van der Waals surface area contributed by atoms with Gasteiger partial charge >= 0.3 is 0 Å². The van der Waals surface area contributed by atoms with Gasteiger partial charge in [-0.2, -0.15) is 5.10 Å². The van der Waals surface area contributed by atoms with Crippen LogP contribution in [-0.4, -0.2) is 5.17 Å². The van der Waals surface area contributed by atoms with Crippen LogP contribution < -0.4 is 5.43 Å². The average Bonchev–Trinajstić information content (AvgIpc) is 2.46. The molecule has 0 atom stereocenters. The molecular formula is C16H17ClN2. The number of nitrogens with zero attached hydrogens (tertiary/aromatic N) is 1. The monoisotopic (exact) mass is 272 g/mol. The number of anilines is 1. The molecule has 0 aliphatic rings. The van der Waals surface area contributed by atoms with Gasteiger partial charge in [-0.25, -0.2) is 0 Å². The van der Waals surface area contributed by atoms with Gasteiger partial charge in [0.05, 0.1) is 5.69 Å². The van der Waals surface area contributed by atoms with Gasteiger partial charge in [0.1, 0.15) is 0 Å². The maximum Gasteiger partial charge on any atom is 0.156 e. The van der Waals surface area contributed by atoms with Crippen molar-refractivity contribution >= 4 is 22.5 Å². The number of benzene rings is 2. The number of halogens is 1. The molecule has 0 saturated carbocycles. The SMILES string of the molecule is CCc1ccc(NN=C(Cl)c2ccc(C)cc2)cc1. The molecule has 3 heteroatoms. The summed E-state index contributed by atoms with van der Waals surface area (Å²) in [6.45, 7) is 4.18. The van der Waals surface area contributed by atoms with E-state index in [0.29, 0.717) is 5.17 Å². The van der Waals surface area contributed by atoms with Crippen LogP contribution in [0.5, 0.6) is 0 Å². The highest BCUT2D eigenvalue weighted by molar-refractivity contribution is 6.69. The highest BCUT2D eigenvalue weighted by atomic mass is 35.5. The Hall–Kier alpha value is -1.80. The van der Waals surface area contributed by atoms with Crippen LogP contribution in [0.15, 0.2) is 53.6 Å². The van der Waals surface area contributed by atoms with Gasteiger partial charge in [-0.15, -0.1) is 0 Å². The normalized spacial score (nSPS) is 11.4. The summed E-state index contributed by atoms with van der Waals surface area (Å²) in [6, 6.07) is 16.1. The fraction of sp³-hybridized carbons (Fsp3) is 0.188. The lowest BCUT2D eigenvalue weighted by Gasteiger charge is -2.03. The summed E-state index contributed by atoms with van der Waals surface area (Å²) in [7, 11) is 0. The molecule has 0 fully saturated rings. The molecule has 0 aromatic heterocycles. The van der Waals surface area contributed by atoms with Crippen LogP contribution in [0.2, 0.25) is 0 Å². The van der Waals surface area contributed by atoms with E-state index in [4.69, 9.17) is 11.6 Å². The average molecular weight is 273 g/mol. The van der Waals surface area contributed by atoms with E-state index in [-0.39, 0.29) is 0 Å². The number of hydrogen-bond donors (Lipinski definition) is 1. The van der Waals surface area contributed by atoms with Crippen molar-refractivity contribution in [3.63, 3.8) is 0 Å². The maximum atomic E-state index is 6.15. The zero-order chi connectivity index (χ0) is 13.7. The summed E-state index contributed by atoms with van der Waals surface area (Å²) >= 11 is 6.15. The minimum atomic E-state index is 0.458. The van der Waals surface area contributed by atoms with Crippen molar-refractivity contribution in [3.05, 3.63) is 65.2 Å². The molecular weight excluding hydrogens is 256 g/mol. The minimum absolute atomic E-state index is 0.458. The molecule has 2 aromatic rings. The van der Waals surface area contributed by atoms with E-state index in [1.54, 1.807) is 0 Å². The molecule has 19 heavy (non-hydrogen) atoms. The quantitative estimate of drug-likeness (QED) is 0.640. The second-order valence-corrected chi connectivity index (χ2v) is 4.79. The van der Waals surface area contributed by atoms with Gasteiger partial charge in [0.25, 0.3) is 0 Å². The van der Waals surface area contributed by atoms with Gasteiger partial charge in [0.15, 0.2) is 5.17 Å². The van der Waals surface area contributed by atoms with Crippen LogP contribution in [-0.2, 0) is 6.42 Å². The highest BCUT2D eigenvalue weighted by Crippen LogP contribution is 2.12. The Kier molecular flexibility index (Phi) is 4.58. The zero-order valence-corrected chi connectivity index (χ0v) is 11.9. The van der Waals surface area contributed by atoms with Gasteiger partial charge in [0, 0.05) is 5.56 Å². The van der Waals surface area contributed by atoms with Gasteiger partial charge in [0.2, 0.25) is 0 Å². The first-order valence-corrected chi connectivity index (χ1v) is 6.72. The summed E-state index contributed by atoms with van der Waals surface area (Å²) in [5, 5.41) is 4.64. The Labute approximate surface area is 119 Å². The lowest BCUT2D eigenvalue weighted by atomic mass is 10.1. The van der Waals surface area contributed by atoms with E-state index in [1.165, 1.54) is 11.1 Å². The lowest BCUT2D eigenvalue weighted by Crippen LogP contribution is -1.97. The standard InChI is InChI=1S/C16H17ClN2/c1-3-13-6-10-15(11-7-13)18-19-16(17)14-8-4-12(2)5-9-14/h4-11,18H,3H2,1-2H3. The van der Waals surface area contributed by atoms with Crippen molar-refractivity contribution in [2.45, 2.75) is 20.3 Å². The predicted molar refractivity (Wildman–Crippen MR) is 83.0 cm³/mol. The van der Waals surface area contributed by atoms with Crippen LogP contribution in [0.4, 0.5) is 5.69 Å². The van der Waals surface area contributed by atoms with Crippen molar-refractivity contribution in [3.8, 4) is 0 Å². The first-order chi connectivity index (χ1) is 9.19. The van der Waals surface area contributed by atoms with Crippen molar-refractivity contribution in [2.24, 2.45) is 5.10 Å². The summed E-state index contributed by atoms with van der Waals surface area (Å²) in [4.78, 5) is 0. The van der Waals surface area contributed by atoms with Crippen LogP contribution in [0.3, 0.4) is 0 Å². The molecule has 0 aliphatic carbocycles. The van der Waals surface area contributed by atoms with Gasteiger partial charge < -0.3 is 0 Å². The zero-order valence-electron chi connectivity index (χ0n) is 11.2. The minimum Gasteiger partial charge on any atom is -0.277 e. The van der Waals surface area contributed by atoms with Crippen LogP contribution in [0, 0.1) is 6.92 Å². The molecule has 2 rings (SSSR count). The van der Waals surface area contributed by atoms with E-state index in [0.717, 1.165) is 17.7 Å². The molecule has 0 amide bonds. The molecule has 2 nitrogen and oxygen atoms in total. The Morgan fingerprint density at radius 2 is 1.68 bits per heavy atom. The number of nitrogens with one attached hydrogen (secondary N) is 1. The fourth-order valence-corrected chi connectivity index (χ4v) is 1.85. The molecule has 0 radical (unpaired) electrons. The molecule has 0 heterocycles. The van der Waals surface area contributed by atoms with Crippen molar-refractivity contribution in [1.29, 1.82) is 0 Å². The summed E-state index contributed by atoms with van der Waals surface area (Å²) in [5.74, 6) is 0. The largest absolute Gasteiger partial charge is 0.277 e. The van der Waals surface area contributed by atoms with E-state index in [1.807, 2.05) is 43.3 Å². The van der Waals surface area contributed by atoms with E-state index in [9.17, 15) is 0 Å². The molecule has 0 unspecified atom stereocenters. The van der Waals surface area contributed by atoms with Gasteiger partial charge in [-0.1, -0.05) is 60.5 Å². The lowest BCUT2D eigenvalue weighted by molar-refractivity contribution is 1.14. The third-order valence-electron chi connectivity index (χ3n) is 2.94. The van der Waals surface area contributed by atoms with Gasteiger partial charge in [-0.05, 0) is 31.0 Å². The third-order valence-corrected chi connectivity index (χ3v) is 3.24. The van der Waals surface area contributed by atoms with E-state index in [2.05, 4.69) is 29.6 Å². The maximum absolute atomic E-state index is 6.15. The number of hydrogen-bond acceptors (Lipinski definition) is 2. The second kappa shape index (κ2) is 6.39. The van der Waals surface area contributed by atoms with Crippen molar-refractivity contribution in [1.82, 2.24) is 0 Å². The second-order valence-electron chi connectivity index (χ2n) is 4.43. The first-order valence-electron chi connectivity index (χ1n) is 6.34. The molecule has 2 aromatic carbocycles. The smallest absolute Gasteiger partial charge is 0.156 e. The summed E-state index contributed by atoms with van der Waals surface area (Å²) in [5.41, 5.74) is 7.31.